The Bertz CT molecular complexity index is 207. The maximum absolute atomic E-state index is 10.8. The summed E-state index contributed by atoms with van der Waals surface area (Å²) >= 11 is 0. The molecule has 0 heterocycles. The number of rotatable bonds is 6. The van der Waals surface area contributed by atoms with Gasteiger partial charge < -0.3 is 11.1 Å². The number of carbonyl (C=O) groups excluding carboxylic acids is 1. The van der Waals surface area contributed by atoms with E-state index in [-0.39, 0.29) is 11.9 Å². The molecular formula is C11H22N2O. The third-order valence-corrected chi connectivity index (χ3v) is 2.11. The van der Waals surface area contributed by atoms with Crippen LogP contribution in [0.4, 0.5) is 0 Å². The average molecular weight is 198 g/mol. The van der Waals surface area contributed by atoms with Gasteiger partial charge in [-0.25, -0.2) is 0 Å². The fourth-order valence-corrected chi connectivity index (χ4v) is 1.21. The molecule has 0 aromatic rings. The Labute approximate surface area is 86.8 Å². The van der Waals surface area contributed by atoms with Crippen molar-refractivity contribution in [1.29, 1.82) is 0 Å². The van der Waals surface area contributed by atoms with E-state index in [0.717, 1.165) is 12.8 Å². The van der Waals surface area contributed by atoms with Crippen LogP contribution in [0, 0.1) is 0 Å². The van der Waals surface area contributed by atoms with E-state index >= 15 is 0 Å². The molecule has 0 aliphatic carbocycles. The summed E-state index contributed by atoms with van der Waals surface area (Å²) in [6.07, 6.45) is 4.28. The minimum atomic E-state index is -0.293. The van der Waals surface area contributed by atoms with Crippen LogP contribution in [-0.4, -0.2) is 18.0 Å². The molecular weight excluding hydrogens is 176 g/mol. The predicted molar refractivity (Wildman–Crippen MR) is 59.9 cm³/mol. The summed E-state index contributed by atoms with van der Waals surface area (Å²) < 4.78 is 0. The average Bonchev–Trinajstić information content (AvgIpc) is 2.02. The molecule has 0 aromatic heterocycles. The van der Waals surface area contributed by atoms with Gasteiger partial charge in [0.1, 0.15) is 0 Å². The van der Waals surface area contributed by atoms with Crippen LogP contribution in [0.25, 0.3) is 0 Å². The van der Waals surface area contributed by atoms with Gasteiger partial charge in [-0.2, -0.15) is 0 Å². The van der Waals surface area contributed by atoms with Crippen LogP contribution in [0.3, 0.4) is 0 Å². The SMILES string of the molecule is CC(C)=CCCC(C)N[C@@H](C)C(N)=O. The Kier molecular flexibility index (Phi) is 6.21. The molecule has 0 aromatic carbocycles. The summed E-state index contributed by atoms with van der Waals surface area (Å²) in [6.45, 7) is 8.03. The quantitative estimate of drug-likeness (QED) is 0.637. The normalized spacial score (nSPS) is 14.6. The highest BCUT2D eigenvalue weighted by molar-refractivity contribution is 5.79. The van der Waals surface area contributed by atoms with Crippen LogP contribution in [0.1, 0.15) is 40.5 Å². The highest BCUT2D eigenvalue weighted by Crippen LogP contribution is 2.01. The fourth-order valence-electron chi connectivity index (χ4n) is 1.21. The molecule has 0 aliphatic rings. The molecule has 0 fully saturated rings. The van der Waals surface area contributed by atoms with Gasteiger partial charge in [-0.05, 0) is 40.5 Å². The van der Waals surface area contributed by atoms with E-state index < -0.39 is 0 Å². The van der Waals surface area contributed by atoms with Gasteiger partial charge in [0, 0.05) is 6.04 Å². The Morgan fingerprint density at radius 2 is 2.00 bits per heavy atom. The third-order valence-electron chi connectivity index (χ3n) is 2.11. The minimum absolute atomic E-state index is 0.239. The second kappa shape index (κ2) is 6.60. The number of primary amides is 1. The van der Waals surface area contributed by atoms with Gasteiger partial charge in [0.2, 0.25) is 5.91 Å². The van der Waals surface area contributed by atoms with Gasteiger partial charge >= 0.3 is 0 Å². The Balaban J connectivity index is 3.70. The molecule has 2 atom stereocenters. The molecule has 0 saturated heterocycles. The summed E-state index contributed by atoms with van der Waals surface area (Å²) in [5.74, 6) is -0.293. The van der Waals surface area contributed by atoms with Gasteiger partial charge in [0.25, 0.3) is 0 Å². The molecule has 3 nitrogen and oxygen atoms in total. The summed E-state index contributed by atoms with van der Waals surface area (Å²) in [5, 5.41) is 3.15. The van der Waals surface area contributed by atoms with E-state index in [4.69, 9.17) is 5.73 Å². The lowest BCUT2D eigenvalue weighted by atomic mass is 10.1. The summed E-state index contributed by atoms with van der Waals surface area (Å²) in [6, 6.07) is 0.0878. The van der Waals surface area contributed by atoms with Crippen LogP contribution in [0.15, 0.2) is 11.6 Å². The zero-order valence-electron chi connectivity index (χ0n) is 9.63. The monoisotopic (exact) mass is 198 g/mol. The molecule has 1 unspecified atom stereocenters. The maximum Gasteiger partial charge on any atom is 0.234 e. The van der Waals surface area contributed by atoms with E-state index in [1.54, 1.807) is 6.92 Å². The van der Waals surface area contributed by atoms with Crippen molar-refractivity contribution in [3.8, 4) is 0 Å². The zero-order chi connectivity index (χ0) is 11.1. The maximum atomic E-state index is 10.8. The molecule has 3 N–H and O–H groups in total. The first-order valence-electron chi connectivity index (χ1n) is 5.12. The topological polar surface area (TPSA) is 55.1 Å². The second-order valence-electron chi connectivity index (χ2n) is 4.05. The fraction of sp³-hybridized carbons (Fsp3) is 0.727. The standard InChI is InChI=1S/C11H22N2O/c1-8(2)6-5-7-9(3)13-10(4)11(12)14/h6,9-10,13H,5,7H2,1-4H3,(H2,12,14)/t9?,10-/m0/s1. The Morgan fingerprint density at radius 3 is 2.43 bits per heavy atom. The molecule has 14 heavy (non-hydrogen) atoms. The van der Waals surface area contributed by atoms with Crippen molar-refractivity contribution < 1.29 is 4.79 Å². The molecule has 3 heteroatoms. The van der Waals surface area contributed by atoms with E-state index in [1.165, 1.54) is 5.57 Å². The van der Waals surface area contributed by atoms with Crippen LogP contribution in [0.2, 0.25) is 0 Å². The van der Waals surface area contributed by atoms with Crippen molar-refractivity contribution in [2.45, 2.75) is 52.6 Å². The first-order chi connectivity index (χ1) is 6.43. The van der Waals surface area contributed by atoms with Gasteiger partial charge in [-0.1, -0.05) is 11.6 Å². The van der Waals surface area contributed by atoms with Crippen molar-refractivity contribution in [1.82, 2.24) is 5.32 Å². The lowest BCUT2D eigenvalue weighted by molar-refractivity contribution is -0.119. The Morgan fingerprint density at radius 1 is 1.43 bits per heavy atom. The number of nitrogens with one attached hydrogen (secondary N) is 1. The molecule has 82 valence electrons. The summed E-state index contributed by atoms with van der Waals surface area (Å²) in [4.78, 5) is 10.8. The van der Waals surface area contributed by atoms with Crippen LogP contribution in [0.5, 0.6) is 0 Å². The lowest BCUT2D eigenvalue weighted by Crippen LogP contribution is -2.43. The lowest BCUT2D eigenvalue weighted by Gasteiger charge is -2.16. The highest BCUT2D eigenvalue weighted by Gasteiger charge is 2.10. The van der Waals surface area contributed by atoms with E-state index in [0.29, 0.717) is 6.04 Å². The smallest absolute Gasteiger partial charge is 0.234 e. The minimum Gasteiger partial charge on any atom is -0.368 e. The van der Waals surface area contributed by atoms with E-state index in [2.05, 4.69) is 32.2 Å². The summed E-state index contributed by atoms with van der Waals surface area (Å²) in [7, 11) is 0. The number of hydrogen-bond acceptors (Lipinski definition) is 2. The van der Waals surface area contributed by atoms with E-state index in [1.807, 2.05) is 0 Å². The molecule has 0 bridgehead atoms. The van der Waals surface area contributed by atoms with Crippen molar-refractivity contribution in [3.05, 3.63) is 11.6 Å². The molecule has 0 aliphatic heterocycles. The van der Waals surface area contributed by atoms with Gasteiger partial charge in [0.15, 0.2) is 0 Å². The van der Waals surface area contributed by atoms with Gasteiger partial charge in [-0.3, -0.25) is 4.79 Å². The third kappa shape index (κ3) is 6.66. The van der Waals surface area contributed by atoms with Gasteiger partial charge in [-0.15, -0.1) is 0 Å². The predicted octanol–water partition coefficient (Wildman–Crippen LogP) is 1.58. The van der Waals surface area contributed by atoms with Crippen LogP contribution in [-0.2, 0) is 4.79 Å². The molecule has 0 radical (unpaired) electrons. The largest absolute Gasteiger partial charge is 0.368 e. The van der Waals surface area contributed by atoms with Crippen molar-refractivity contribution >= 4 is 5.91 Å². The van der Waals surface area contributed by atoms with Gasteiger partial charge in [0.05, 0.1) is 6.04 Å². The van der Waals surface area contributed by atoms with Crippen molar-refractivity contribution in [2.24, 2.45) is 5.73 Å². The van der Waals surface area contributed by atoms with E-state index in [9.17, 15) is 4.79 Å². The molecule has 0 spiro atoms. The summed E-state index contributed by atoms with van der Waals surface area (Å²) in [5.41, 5.74) is 6.48. The van der Waals surface area contributed by atoms with Crippen molar-refractivity contribution in [2.75, 3.05) is 0 Å². The van der Waals surface area contributed by atoms with Crippen LogP contribution >= 0.6 is 0 Å². The van der Waals surface area contributed by atoms with Crippen molar-refractivity contribution in [3.63, 3.8) is 0 Å². The number of amides is 1. The second-order valence-corrected chi connectivity index (χ2v) is 4.05. The molecule has 0 saturated carbocycles. The number of allylic oxidation sites excluding steroid dienone is 2. The first kappa shape index (κ1) is 13.2. The van der Waals surface area contributed by atoms with Crippen LogP contribution < -0.4 is 11.1 Å². The molecule has 0 rings (SSSR count). The Hall–Kier alpha value is -0.830. The molecule has 1 amide bonds. The number of hydrogen-bond donors (Lipinski definition) is 2. The number of nitrogens with two attached hydrogens (primary N) is 1. The zero-order valence-corrected chi connectivity index (χ0v) is 9.63. The number of carbonyl (C=O) groups is 1. The first-order valence-corrected chi connectivity index (χ1v) is 5.12. The highest BCUT2D eigenvalue weighted by atomic mass is 16.1.